The lowest BCUT2D eigenvalue weighted by Gasteiger charge is -2.32. The molecular weight excluding hydrogens is 200 g/mol. The summed E-state index contributed by atoms with van der Waals surface area (Å²) >= 11 is 0. The molecule has 3 amide bonds. The number of nitrogens with zero attached hydrogens (tertiary/aromatic N) is 2. The van der Waals surface area contributed by atoms with E-state index in [0.717, 1.165) is 4.90 Å². The molecule has 1 fully saturated rings. The maximum absolute atomic E-state index is 11.9. The van der Waals surface area contributed by atoms with Crippen LogP contribution in [0.4, 0.5) is 4.79 Å². The number of urea groups is 1. The lowest BCUT2D eigenvalue weighted by molar-refractivity contribution is -0.860. The summed E-state index contributed by atoms with van der Waals surface area (Å²) in [7, 11) is 1.43. The van der Waals surface area contributed by atoms with Crippen LogP contribution in [0.5, 0.6) is 0 Å². The van der Waals surface area contributed by atoms with E-state index in [1.807, 2.05) is 0 Å². The van der Waals surface area contributed by atoms with Crippen molar-refractivity contribution in [2.45, 2.75) is 13.0 Å². The summed E-state index contributed by atoms with van der Waals surface area (Å²) in [5.41, 5.74) is 0. The first-order valence-corrected chi connectivity index (χ1v) is 4.92. The van der Waals surface area contributed by atoms with Gasteiger partial charge in [0.15, 0.2) is 6.04 Å². The molecular formula is C9H17N2O4+. The van der Waals surface area contributed by atoms with Crippen molar-refractivity contribution in [3.05, 3.63) is 0 Å². The van der Waals surface area contributed by atoms with Gasteiger partial charge in [-0.05, 0) is 6.92 Å². The minimum Gasteiger partial charge on any atom is -0.390 e. The number of likely N-dealkylation sites (N-methyl/N-ethyl adjacent to an activating group) is 1. The molecule has 1 saturated heterocycles. The van der Waals surface area contributed by atoms with Crippen molar-refractivity contribution in [3.63, 3.8) is 0 Å². The minimum atomic E-state index is -0.526. The Balaban J connectivity index is 3.05. The monoisotopic (exact) mass is 217 g/mol. The van der Waals surface area contributed by atoms with Gasteiger partial charge in [0.2, 0.25) is 0 Å². The highest BCUT2D eigenvalue weighted by atomic mass is 16.3. The van der Waals surface area contributed by atoms with E-state index in [2.05, 4.69) is 0 Å². The number of imide groups is 1. The van der Waals surface area contributed by atoms with E-state index >= 15 is 0 Å². The lowest BCUT2D eigenvalue weighted by Crippen LogP contribution is -2.57. The average molecular weight is 217 g/mol. The largest absolute Gasteiger partial charge is 0.426 e. The number of aliphatic hydroxyl groups is 2. The summed E-state index contributed by atoms with van der Waals surface area (Å²) in [6.07, 6.45) is 0. The van der Waals surface area contributed by atoms with Crippen LogP contribution in [0.25, 0.3) is 0 Å². The molecule has 6 nitrogen and oxygen atoms in total. The molecule has 0 bridgehead atoms. The Kier molecular flexibility index (Phi) is 3.43. The third kappa shape index (κ3) is 1.64. The highest BCUT2D eigenvalue weighted by Gasteiger charge is 2.55. The van der Waals surface area contributed by atoms with Gasteiger partial charge in [-0.3, -0.25) is 4.79 Å². The minimum absolute atomic E-state index is 0.163. The Bertz CT molecular complexity index is 273. The first-order valence-electron chi connectivity index (χ1n) is 4.92. The number of carbonyl (C=O) groups excluding carboxylic acids is 2. The molecule has 0 aliphatic carbocycles. The SMILES string of the molecule is CC1C(=O)N(C)C(=O)[N+]1(CCO)CCO. The molecule has 1 heterocycles. The van der Waals surface area contributed by atoms with Gasteiger partial charge in [0.05, 0.1) is 13.2 Å². The number of hydrogen-bond acceptors (Lipinski definition) is 4. The maximum Gasteiger partial charge on any atom is 0.426 e. The smallest absolute Gasteiger partial charge is 0.390 e. The quantitative estimate of drug-likeness (QED) is 0.456. The van der Waals surface area contributed by atoms with Crippen LogP contribution in [0, 0.1) is 0 Å². The number of quaternary nitrogens is 1. The van der Waals surface area contributed by atoms with Crippen molar-refractivity contribution in [1.82, 2.24) is 4.90 Å². The Morgan fingerprint density at radius 2 is 1.73 bits per heavy atom. The molecule has 15 heavy (non-hydrogen) atoms. The fourth-order valence-electron chi connectivity index (χ4n) is 2.10. The van der Waals surface area contributed by atoms with Gasteiger partial charge in [0.1, 0.15) is 13.1 Å². The standard InChI is InChI=1S/C9H17N2O4/c1-7-8(14)10(2)9(15)11(7,3-5-12)4-6-13/h7,12-13H,3-6H2,1-2H3/q+1. The molecule has 1 aliphatic rings. The third-order valence-corrected chi connectivity index (χ3v) is 3.10. The van der Waals surface area contributed by atoms with E-state index < -0.39 is 6.04 Å². The summed E-state index contributed by atoms with van der Waals surface area (Å²) in [5.74, 6) is -0.262. The fourth-order valence-corrected chi connectivity index (χ4v) is 2.10. The van der Waals surface area contributed by atoms with Gasteiger partial charge in [-0.25, -0.2) is 14.2 Å². The van der Waals surface area contributed by atoms with Crippen molar-refractivity contribution in [2.24, 2.45) is 0 Å². The van der Waals surface area contributed by atoms with Gasteiger partial charge in [-0.2, -0.15) is 0 Å². The van der Waals surface area contributed by atoms with E-state index in [-0.39, 0.29) is 42.7 Å². The predicted molar refractivity (Wildman–Crippen MR) is 51.8 cm³/mol. The first kappa shape index (κ1) is 12.1. The summed E-state index contributed by atoms with van der Waals surface area (Å²) in [5, 5.41) is 17.9. The lowest BCUT2D eigenvalue weighted by atomic mass is 10.2. The highest BCUT2D eigenvalue weighted by molar-refractivity contribution is 5.99. The molecule has 1 unspecified atom stereocenters. The van der Waals surface area contributed by atoms with E-state index in [9.17, 15) is 9.59 Å². The van der Waals surface area contributed by atoms with Crippen LogP contribution in [0.1, 0.15) is 6.92 Å². The van der Waals surface area contributed by atoms with E-state index in [1.54, 1.807) is 6.92 Å². The summed E-state index contributed by atoms with van der Waals surface area (Å²) in [6, 6.07) is -0.877. The summed E-state index contributed by atoms with van der Waals surface area (Å²) in [4.78, 5) is 24.6. The average Bonchev–Trinajstić information content (AvgIpc) is 2.36. The second-order valence-corrected chi connectivity index (χ2v) is 3.78. The molecule has 1 rings (SSSR count). The molecule has 1 aliphatic heterocycles. The van der Waals surface area contributed by atoms with Crippen LogP contribution >= 0.6 is 0 Å². The molecule has 0 saturated carbocycles. The predicted octanol–water partition coefficient (Wildman–Crippen LogP) is -1.23. The molecule has 0 aromatic rings. The molecule has 6 heteroatoms. The topological polar surface area (TPSA) is 77.8 Å². The summed E-state index contributed by atoms with van der Waals surface area (Å²) < 4.78 is -0.178. The molecule has 86 valence electrons. The van der Waals surface area contributed by atoms with Gasteiger partial charge in [0.25, 0.3) is 5.91 Å². The fraction of sp³-hybridized carbons (Fsp3) is 0.778. The Morgan fingerprint density at radius 1 is 1.27 bits per heavy atom. The van der Waals surface area contributed by atoms with Gasteiger partial charge in [-0.15, -0.1) is 0 Å². The Labute approximate surface area is 88.3 Å². The van der Waals surface area contributed by atoms with E-state index in [1.165, 1.54) is 7.05 Å². The first-order chi connectivity index (χ1) is 7.01. The van der Waals surface area contributed by atoms with Crippen molar-refractivity contribution in [3.8, 4) is 0 Å². The number of aliphatic hydroxyl groups excluding tert-OH is 2. The van der Waals surface area contributed by atoms with Crippen LogP contribution in [0.2, 0.25) is 0 Å². The van der Waals surface area contributed by atoms with Gasteiger partial charge in [-0.1, -0.05) is 0 Å². The van der Waals surface area contributed by atoms with Gasteiger partial charge in [0, 0.05) is 7.05 Å². The zero-order valence-corrected chi connectivity index (χ0v) is 9.01. The number of hydrogen-bond donors (Lipinski definition) is 2. The maximum atomic E-state index is 11.9. The van der Waals surface area contributed by atoms with Crippen molar-refractivity contribution in [2.75, 3.05) is 33.4 Å². The molecule has 1 atom stereocenters. The van der Waals surface area contributed by atoms with Crippen molar-refractivity contribution < 1.29 is 24.3 Å². The number of carbonyl (C=O) groups is 2. The third-order valence-electron chi connectivity index (χ3n) is 3.10. The van der Waals surface area contributed by atoms with Gasteiger partial charge < -0.3 is 10.2 Å². The van der Waals surface area contributed by atoms with E-state index in [0.29, 0.717) is 0 Å². The second kappa shape index (κ2) is 4.26. The molecule has 0 aromatic carbocycles. The van der Waals surface area contributed by atoms with Crippen LogP contribution in [-0.2, 0) is 4.79 Å². The number of rotatable bonds is 4. The van der Waals surface area contributed by atoms with E-state index in [4.69, 9.17) is 10.2 Å². The van der Waals surface area contributed by atoms with Crippen LogP contribution < -0.4 is 0 Å². The van der Waals surface area contributed by atoms with Crippen LogP contribution in [0.3, 0.4) is 0 Å². The summed E-state index contributed by atoms with van der Waals surface area (Å²) in [6.45, 7) is 1.61. The van der Waals surface area contributed by atoms with Crippen LogP contribution in [0.15, 0.2) is 0 Å². The highest BCUT2D eigenvalue weighted by Crippen LogP contribution is 2.25. The number of amides is 3. The Morgan fingerprint density at radius 3 is 2.00 bits per heavy atom. The molecule has 0 radical (unpaired) electrons. The van der Waals surface area contributed by atoms with Crippen molar-refractivity contribution in [1.29, 1.82) is 0 Å². The van der Waals surface area contributed by atoms with Gasteiger partial charge >= 0.3 is 6.03 Å². The normalized spacial score (nSPS) is 25.1. The Hall–Kier alpha value is -0.980. The van der Waals surface area contributed by atoms with Crippen molar-refractivity contribution >= 4 is 11.9 Å². The second-order valence-electron chi connectivity index (χ2n) is 3.78. The molecule has 0 spiro atoms. The molecule has 2 N–H and O–H groups in total. The molecule has 0 aromatic heterocycles. The zero-order valence-electron chi connectivity index (χ0n) is 9.01. The van der Waals surface area contributed by atoms with Crippen LogP contribution in [-0.4, -0.2) is 70.9 Å². The zero-order chi connectivity index (χ0) is 11.6.